The lowest BCUT2D eigenvalue weighted by atomic mass is 9.92. The van der Waals surface area contributed by atoms with Crippen LogP contribution in [-0.4, -0.2) is 49.8 Å². The molecule has 0 aromatic rings. The Bertz CT molecular complexity index is 242. The van der Waals surface area contributed by atoms with Crippen LogP contribution in [0.2, 0.25) is 0 Å². The lowest BCUT2D eigenvalue weighted by Crippen LogP contribution is -2.47. The Balaban J connectivity index is 1.68. The standard InChI is InChI=1S/C14H28N2O/c1-4-16-7-8-17-13(11-16)10-15-12-5-6-14(2,3)9-12/h12-13,15H,4-11H2,1-3H3. The Morgan fingerprint density at radius 1 is 1.41 bits per heavy atom. The van der Waals surface area contributed by atoms with Crippen molar-refractivity contribution < 1.29 is 4.74 Å². The quantitative estimate of drug-likeness (QED) is 0.812. The van der Waals surface area contributed by atoms with Gasteiger partial charge >= 0.3 is 0 Å². The van der Waals surface area contributed by atoms with E-state index in [9.17, 15) is 0 Å². The molecule has 0 aromatic heterocycles. The summed E-state index contributed by atoms with van der Waals surface area (Å²) in [4.78, 5) is 2.48. The molecule has 0 spiro atoms. The van der Waals surface area contributed by atoms with Crippen LogP contribution in [0.3, 0.4) is 0 Å². The minimum Gasteiger partial charge on any atom is -0.374 e. The number of likely N-dealkylation sites (N-methyl/N-ethyl adjacent to an activating group) is 1. The van der Waals surface area contributed by atoms with Crippen molar-refractivity contribution in [3.8, 4) is 0 Å². The zero-order valence-electron chi connectivity index (χ0n) is 11.7. The summed E-state index contributed by atoms with van der Waals surface area (Å²) in [7, 11) is 0. The maximum absolute atomic E-state index is 5.82. The first-order valence-corrected chi connectivity index (χ1v) is 7.16. The van der Waals surface area contributed by atoms with E-state index in [1.165, 1.54) is 19.3 Å². The van der Waals surface area contributed by atoms with Crippen LogP contribution < -0.4 is 5.32 Å². The molecule has 2 fully saturated rings. The number of ether oxygens (including phenoxy) is 1. The molecule has 1 saturated carbocycles. The fourth-order valence-corrected chi connectivity index (χ4v) is 3.10. The lowest BCUT2D eigenvalue weighted by molar-refractivity contribution is -0.0263. The monoisotopic (exact) mass is 240 g/mol. The van der Waals surface area contributed by atoms with Gasteiger partial charge in [-0.3, -0.25) is 4.90 Å². The van der Waals surface area contributed by atoms with Crippen LogP contribution in [0.1, 0.15) is 40.0 Å². The van der Waals surface area contributed by atoms with E-state index in [1.807, 2.05) is 0 Å². The molecule has 1 N–H and O–H groups in total. The number of hydrogen-bond acceptors (Lipinski definition) is 3. The van der Waals surface area contributed by atoms with Gasteiger partial charge in [-0.2, -0.15) is 0 Å². The summed E-state index contributed by atoms with van der Waals surface area (Å²) in [6.07, 6.45) is 4.40. The largest absolute Gasteiger partial charge is 0.374 e. The van der Waals surface area contributed by atoms with Gasteiger partial charge in [0.1, 0.15) is 0 Å². The number of morpholine rings is 1. The van der Waals surface area contributed by atoms with Crippen LogP contribution in [0.15, 0.2) is 0 Å². The minimum absolute atomic E-state index is 0.396. The maximum Gasteiger partial charge on any atom is 0.0826 e. The van der Waals surface area contributed by atoms with Crippen molar-refractivity contribution in [2.75, 3.05) is 32.8 Å². The van der Waals surface area contributed by atoms with Gasteiger partial charge in [0.2, 0.25) is 0 Å². The zero-order chi connectivity index (χ0) is 12.3. The summed E-state index contributed by atoms with van der Waals surface area (Å²) in [5.41, 5.74) is 0.542. The van der Waals surface area contributed by atoms with Gasteiger partial charge in [-0.1, -0.05) is 20.8 Å². The fourth-order valence-electron chi connectivity index (χ4n) is 3.10. The van der Waals surface area contributed by atoms with E-state index < -0.39 is 0 Å². The molecule has 0 radical (unpaired) electrons. The maximum atomic E-state index is 5.82. The van der Waals surface area contributed by atoms with Crippen LogP contribution in [0.4, 0.5) is 0 Å². The zero-order valence-corrected chi connectivity index (χ0v) is 11.7. The molecule has 1 saturated heterocycles. The number of nitrogens with one attached hydrogen (secondary N) is 1. The molecular weight excluding hydrogens is 212 g/mol. The highest BCUT2D eigenvalue weighted by molar-refractivity contribution is 4.87. The molecule has 2 aliphatic rings. The van der Waals surface area contributed by atoms with Gasteiger partial charge in [0, 0.05) is 25.7 Å². The predicted octanol–water partition coefficient (Wildman–Crippen LogP) is 1.88. The molecule has 1 aliphatic heterocycles. The summed E-state index contributed by atoms with van der Waals surface area (Å²) in [6.45, 7) is 12.3. The Kier molecular flexibility index (Phi) is 4.45. The number of hydrogen-bond donors (Lipinski definition) is 1. The first-order chi connectivity index (χ1) is 8.09. The van der Waals surface area contributed by atoms with E-state index in [0.29, 0.717) is 17.6 Å². The van der Waals surface area contributed by atoms with Gasteiger partial charge in [0.25, 0.3) is 0 Å². The van der Waals surface area contributed by atoms with Crippen LogP contribution in [0.5, 0.6) is 0 Å². The Morgan fingerprint density at radius 2 is 2.24 bits per heavy atom. The Hall–Kier alpha value is -0.120. The SMILES string of the molecule is CCN1CCOC(CNC2CCC(C)(C)C2)C1. The molecule has 17 heavy (non-hydrogen) atoms. The fraction of sp³-hybridized carbons (Fsp3) is 1.00. The molecule has 1 aliphatic carbocycles. The second-order valence-electron chi connectivity index (χ2n) is 6.40. The molecule has 2 rings (SSSR count). The van der Waals surface area contributed by atoms with Crippen molar-refractivity contribution in [3.63, 3.8) is 0 Å². The molecule has 2 unspecified atom stereocenters. The van der Waals surface area contributed by atoms with Gasteiger partial charge in [0.15, 0.2) is 0 Å². The molecule has 2 atom stereocenters. The molecule has 0 bridgehead atoms. The highest BCUT2D eigenvalue weighted by Crippen LogP contribution is 2.36. The normalized spacial score (nSPS) is 34.1. The predicted molar refractivity (Wildman–Crippen MR) is 71.3 cm³/mol. The topological polar surface area (TPSA) is 24.5 Å². The van der Waals surface area contributed by atoms with Crippen molar-refractivity contribution in [2.45, 2.75) is 52.2 Å². The minimum atomic E-state index is 0.396. The Labute approximate surface area is 106 Å². The van der Waals surface area contributed by atoms with E-state index in [2.05, 4.69) is 31.0 Å². The summed E-state index contributed by atoms with van der Waals surface area (Å²) in [6, 6.07) is 0.714. The summed E-state index contributed by atoms with van der Waals surface area (Å²) in [5, 5.41) is 3.70. The Morgan fingerprint density at radius 3 is 2.88 bits per heavy atom. The molecule has 0 aromatic carbocycles. The second kappa shape index (κ2) is 5.68. The van der Waals surface area contributed by atoms with Crippen molar-refractivity contribution in [1.82, 2.24) is 10.2 Å². The third-order valence-electron chi connectivity index (χ3n) is 4.27. The van der Waals surface area contributed by atoms with Gasteiger partial charge in [-0.05, 0) is 31.2 Å². The number of nitrogens with zero attached hydrogens (tertiary/aromatic N) is 1. The number of rotatable bonds is 4. The van der Waals surface area contributed by atoms with E-state index in [-0.39, 0.29) is 0 Å². The average Bonchev–Trinajstić information content (AvgIpc) is 2.67. The first kappa shape index (κ1) is 13.3. The highest BCUT2D eigenvalue weighted by atomic mass is 16.5. The average molecular weight is 240 g/mol. The third kappa shape index (κ3) is 3.94. The molecule has 100 valence electrons. The van der Waals surface area contributed by atoms with E-state index in [0.717, 1.165) is 32.8 Å². The summed E-state index contributed by atoms with van der Waals surface area (Å²) < 4.78 is 5.82. The van der Waals surface area contributed by atoms with E-state index in [4.69, 9.17) is 4.74 Å². The van der Waals surface area contributed by atoms with Crippen LogP contribution in [0.25, 0.3) is 0 Å². The van der Waals surface area contributed by atoms with Crippen molar-refractivity contribution in [3.05, 3.63) is 0 Å². The first-order valence-electron chi connectivity index (χ1n) is 7.16. The molecular formula is C14H28N2O. The van der Waals surface area contributed by atoms with Crippen molar-refractivity contribution in [1.29, 1.82) is 0 Å². The summed E-state index contributed by atoms with van der Waals surface area (Å²) in [5.74, 6) is 0. The summed E-state index contributed by atoms with van der Waals surface area (Å²) >= 11 is 0. The van der Waals surface area contributed by atoms with Crippen molar-refractivity contribution in [2.24, 2.45) is 5.41 Å². The molecule has 1 heterocycles. The van der Waals surface area contributed by atoms with Crippen molar-refractivity contribution >= 4 is 0 Å². The molecule has 3 nitrogen and oxygen atoms in total. The van der Waals surface area contributed by atoms with Gasteiger partial charge in [-0.25, -0.2) is 0 Å². The van der Waals surface area contributed by atoms with Crippen LogP contribution in [0, 0.1) is 5.41 Å². The second-order valence-corrected chi connectivity index (χ2v) is 6.40. The molecule has 0 amide bonds. The smallest absolute Gasteiger partial charge is 0.0826 e. The highest BCUT2D eigenvalue weighted by Gasteiger charge is 2.31. The van der Waals surface area contributed by atoms with Gasteiger partial charge in [0.05, 0.1) is 12.7 Å². The van der Waals surface area contributed by atoms with Gasteiger partial charge in [-0.15, -0.1) is 0 Å². The molecule has 3 heteroatoms. The van der Waals surface area contributed by atoms with Crippen LogP contribution in [-0.2, 0) is 4.74 Å². The third-order valence-corrected chi connectivity index (χ3v) is 4.27. The lowest BCUT2D eigenvalue weighted by Gasteiger charge is -2.33. The van der Waals surface area contributed by atoms with E-state index in [1.54, 1.807) is 0 Å². The van der Waals surface area contributed by atoms with Gasteiger partial charge < -0.3 is 10.1 Å². The van der Waals surface area contributed by atoms with Crippen LogP contribution >= 0.6 is 0 Å². The van der Waals surface area contributed by atoms with E-state index >= 15 is 0 Å².